The molecule has 6 nitrogen and oxygen atoms in total. The molecule has 0 aliphatic heterocycles. The zero-order chi connectivity index (χ0) is 22.2. The van der Waals surface area contributed by atoms with Crippen molar-refractivity contribution in [3.63, 3.8) is 0 Å². The van der Waals surface area contributed by atoms with E-state index in [1.807, 2.05) is 0 Å². The fourth-order valence-electron chi connectivity index (χ4n) is 2.54. The first-order valence-electron chi connectivity index (χ1n) is 8.18. The molecule has 0 aliphatic rings. The fourth-order valence-corrected chi connectivity index (χ4v) is 3.17. The lowest BCUT2D eigenvalue weighted by atomic mass is 10.1. The van der Waals surface area contributed by atoms with Gasteiger partial charge in [-0.1, -0.05) is 17.7 Å². The summed E-state index contributed by atoms with van der Waals surface area (Å²) in [6.45, 7) is 1.24. The Morgan fingerprint density at radius 3 is 2.57 bits per heavy atom. The van der Waals surface area contributed by atoms with E-state index in [1.165, 1.54) is 25.1 Å². The van der Waals surface area contributed by atoms with Crippen molar-refractivity contribution in [3.8, 4) is 22.8 Å². The number of hydrogen-bond acceptors (Lipinski definition) is 5. The molecular weight excluding hydrogens is 497 g/mol. The average Bonchev–Trinajstić information content (AvgIpc) is 2.63. The van der Waals surface area contributed by atoms with E-state index in [0.717, 1.165) is 18.2 Å². The molecule has 3 rings (SSSR count). The molecule has 0 amide bonds. The number of alkyl halides is 3. The third kappa shape index (κ3) is 4.71. The number of carboxylic acid groups (broad SMARTS) is 1. The number of halogens is 5. The monoisotopic (exact) mass is 506 g/mol. The molecule has 1 unspecified atom stereocenters. The second kappa shape index (κ2) is 8.19. The molecule has 30 heavy (non-hydrogen) atoms. The molecule has 0 radical (unpaired) electrons. The van der Waals surface area contributed by atoms with E-state index < -0.39 is 29.6 Å². The van der Waals surface area contributed by atoms with E-state index in [9.17, 15) is 22.8 Å². The van der Waals surface area contributed by atoms with Gasteiger partial charge in [0.15, 0.2) is 17.1 Å². The number of benzene rings is 2. The number of fused-ring (bicyclic) bond motifs is 1. The predicted octanol–water partition coefficient (Wildman–Crippen LogP) is 5.63. The van der Waals surface area contributed by atoms with E-state index in [-0.39, 0.29) is 37.5 Å². The summed E-state index contributed by atoms with van der Waals surface area (Å²) < 4.78 is 53.7. The van der Waals surface area contributed by atoms with Crippen LogP contribution in [0.1, 0.15) is 6.92 Å². The van der Waals surface area contributed by atoms with Gasteiger partial charge in [-0.2, -0.15) is 0 Å². The molecule has 0 saturated heterocycles. The molecule has 0 bridgehead atoms. The Balaban J connectivity index is 2.25. The Bertz CT molecular complexity index is 1190. The lowest BCUT2D eigenvalue weighted by Crippen LogP contribution is -2.23. The summed E-state index contributed by atoms with van der Waals surface area (Å²) in [6, 6.07) is 7.42. The van der Waals surface area contributed by atoms with E-state index in [4.69, 9.17) is 25.9 Å². The van der Waals surface area contributed by atoms with Gasteiger partial charge < -0.3 is 19.0 Å². The molecule has 2 aromatic carbocycles. The highest BCUT2D eigenvalue weighted by Crippen LogP contribution is 2.42. The van der Waals surface area contributed by atoms with Crippen LogP contribution in [0.3, 0.4) is 0 Å². The maximum absolute atomic E-state index is 12.9. The molecule has 1 aromatic heterocycles. The van der Waals surface area contributed by atoms with Crippen LogP contribution in [0, 0.1) is 0 Å². The van der Waals surface area contributed by atoms with Crippen LogP contribution in [0.2, 0.25) is 5.02 Å². The highest BCUT2D eigenvalue weighted by atomic mass is 79.9. The van der Waals surface area contributed by atoms with Crippen molar-refractivity contribution in [2.24, 2.45) is 0 Å². The summed E-state index contributed by atoms with van der Waals surface area (Å²) in [4.78, 5) is 23.5. The van der Waals surface area contributed by atoms with Crippen LogP contribution in [-0.2, 0) is 4.79 Å². The Morgan fingerprint density at radius 1 is 1.23 bits per heavy atom. The predicted molar refractivity (Wildman–Crippen MR) is 105 cm³/mol. The number of aliphatic carboxylic acids is 1. The van der Waals surface area contributed by atoms with Gasteiger partial charge in [-0.15, -0.1) is 13.2 Å². The summed E-state index contributed by atoms with van der Waals surface area (Å²) in [7, 11) is 0. The Labute approximate surface area is 179 Å². The lowest BCUT2D eigenvalue weighted by molar-refractivity contribution is -0.274. The third-order valence-electron chi connectivity index (χ3n) is 3.88. The molecule has 158 valence electrons. The SMILES string of the molecule is CC(Oc1cc(-c2cc(=O)c3cccc(Cl)c3o2)c(OC(F)(F)F)cc1Br)C(=O)O. The van der Waals surface area contributed by atoms with Gasteiger partial charge in [-0.25, -0.2) is 4.79 Å². The second-order valence-electron chi connectivity index (χ2n) is 6.02. The van der Waals surface area contributed by atoms with E-state index in [2.05, 4.69) is 20.7 Å². The number of carboxylic acids is 1. The lowest BCUT2D eigenvalue weighted by Gasteiger charge is -2.17. The second-order valence-corrected chi connectivity index (χ2v) is 7.28. The van der Waals surface area contributed by atoms with Gasteiger partial charge in [-0.05, 0) is 47.1 Å². The molecule has 0 fully saturated rings. The first kappa shape index (κ1) is 22.0. The molecule has 0 spiro atoms. The van der Waals surface area contributed by atoms with Gasteiger partial charge in [0.05, 0.1) is 20.4 Å². The van der Waals surface area contributed by atoms with Gasteiger partial charge in [0, 0.05) is 6.07 Å². The summed E-state index contributed by atoms with van der Waals surface area (Å²) in [6.07, 6.45) is -6.35. The summed E-state index contributed by atoms with van der Waals surface area (Å²) in [5.41, 5.74) is -0.859. The first-order chi connectivity index (χ1) is 14.0. The highest BCUT2D eigenvalue weighted by Gasteiger charge is 2.33. The first-order valence-corrected chi connectivity index (χ1v) is 9.35. The van der Waals surface area contributed by atoms with E-state index >= 15 is 0 Å². The fraction of sp³-hybridized carbons (Fsp3) is 0.158. The molecule has 11 heteroatoms. The summed E-state index contributed by atoms with van der Waals surface area (Å²) >= 11 is 9.08. The van der Waals surface area contributed by atoms with Crippen LogP contribution < -0.4 is 14.9 Å². The molecule has 0 saturated carbocycles. The van der Waals surface area contributed by atoms with Crippen molar-refractivity contribution >= 4 is 44.5 Å². The summed E-state index contributed by atoms with van der Waals surface area (Å²) in [5.74, 6) is -2.36. The summed E-state index contributed by atoms with van der Waals surface area (Å²) in [5, 5.41) is 9.24. The topological polar surface area (TPSA) is 86.0 Å². The molecule has 1 N–H and O–H groups in total. The third-order valence-corrected chi connectivity index (χ3v) is 4.80. The van der Waals surface area contributed by atoms with Crippen LogP contribution in [0.25, 0.3) is 22.3 Å². The number of para-hydroxylation sites is 1. The highest BCUT2D eigenvalue weighted by molar-refractivity contribution is 9.10. The van der Waals surface area contributed by atoms with Crippen molar-refractivity contribution in [3.05, 3.63) is 56.1 Å². The van der Waals surface area contributed by atoms with Crippen molar-refractivity contribution in [1.82, 2.24) is 0 Å². The minimum absolute atomic E-state index is 0.000214. The number of rotatable bonds is 5. The van der Waals surface area contributed by atoms with Crippen LogP contribution >= 0.6 is 27.5 Å². The van der Waals surface area contributed by atoms with Crippen molar-refractivity contribution in [2.75, 3.05) is 0 Å². The van der Waals surface area contributed by atoms with Crippen LogP contribution in [0.5, 0.6) is 11.5 Å². The van der Waals surface area contributed by atoms with Crippen LogP contribution in [0.15, 0.2) is 50.1 Å². The number of ether oxygens (including phenoxy) is 2. The minimum atomic E-state index is -5.04. The van der Waals surface area contributed by atoms with E-state index in [0.29, 0.717) is 0 Å². The van der Waals surface area contributed by atoms with Gasteiger partial charge in [-0.3, -0.25) is 4.79 Å². The zero-order valence-corrected chi connectivity index (χ0v) is 17.3. The Hall–Kier alpha value is -2.72. The van der Waals surface area contributed by atoms with Crippen molar-refractivity contribution < 1.29 is 37.0 Å². The molecule has 3 aromatic rings. The van der Waals surface area contributed by atoms with Crippen LogP contribution in [-0.4, -0.2) is 23.5 Å². The standard InChI is InChI=1S/C19H11BrClF3O6/c1-8(18(26)27)28-16-5-10(15(6-11(16)20)30-19(22,23)24)14-7-13(25)9-3-2-4-12(21)17(9)29-14/h2-8H,1H3,(H,26,27). The minimum Gasteiger partial charge on any atom is -0.479 e. The van der Waals surface area contributed by atoms with Gasteiger partial charge in [0.2, 0.25) is 0 Å². The quantitative estimate of drug-likeness (QED) is 0.482. The number of hydrogen-bond donors (Lipinski definition) is 1. The molecular formula is C19H11BrClF3O6. The van der Waals surface area contributed by atoms with Crippen molar-refractivity contribution in [2.45, 2.75) is 19.4 Å². The number of carbonyl (C=O) groups is 1. The molecule has 1 heterocycles. The normalized spacial score (nSPS) is 12.6. The Kier molecular flexibility index (Phi) is 6.00. The van der Waals surface area contributed by atoms with Crippen molar-refractivity contribution in [1.29, 1.82) is 0 Å². The smallest absolute Gasteiger partial charge is 0.479 e. The van der Waals surface area contributed by atoms with Gasteiger partial charge in [0.25, 0.3) is 0 Å². The van der Waals surface area contributed by atoms with Gasteiger partial charge in [0.1, 0.15) is 17.3 Å². The Morgan fingerprint density at radius 2 is 1.93 bits per heavy atom. The largest absolute Gasteiger partial charge is 0.573 e. The van der Waals surface area contributed by atoms with Crippen LogP contribution in [0.4, 0.5) is 13.2 Å². The molecule has 0 aliphatic carbocycles. The zero-order valence-electron chi connectivity index (χ0n) is 14.9. The maximum atomic E-state index is 12.9. The van der Waals surface area contributed by atoms with E-state index in [1.54, 1.807) is 0 Å². The molecule has 1 atom stereocenters. The maximum Gasteiger partial charge on any atom is 0.573 e. The van der Waals surface area contributed by atoms with Gasteiger partial charge >= 0.3 is 12.3 Å². The average molecular weight is 508 g/mol.